The molecule has 0 aliphatic heterocycles. The van der Waals surface area contributed by atoms with Crippen LogP contribution in [0.4, 0.5) is 0 Å². The summed E-state index contributed by atoms with van der Waals surface area (Å²) in [5, 5.41) is 22.9. The molecule has 0 saturated heterocycles. The van der Waals surface area contributed by atoms with Gasteiger partial charge in [0.05, 0.1) is 11.6 Å². The molecule has 2 aliphatic rings. The molecular weight excluding hydrogens is 390 g/mol. The van der Waals surface area contributed by atoms with Gasteiger partial charge < -0.3 is 20.1 Å². The minimum atomic E-state index is -0.626. The number of aliphatic hydroxyl groups is 1. The maximum absolute atomic E-state index is 12.7. The van der Waals surface area contributed by atoms with Gasteiger partial charge in [-0.1, -0.05) is 0 Å². The lowest BCUT2D eigenvalue weighted by Crippen LogP contribution is -2.44. The van der Waals surface area contributed by atoms with E-state index < -0.39 is 6.10 Å². The number of nitrogens with zero attached hydrogens (tertiary/aromatic N) is 1. The normalized spacial score (nSPS) is 25.8. The Morgan fingerprint density at radius 2 is 2.03 bits per heavy atom. The number of ether oxygens (including phenoxy) is 1. The summed E-state index contributed by atoms with van der Waals surface area (Å²) in [6.45, 7) is 2.55. The van der Waals surface area contributed by atoms with Crippen LogP contribution in [-0.4, -0.2) is 40.7 Å². The van der Waals surface area contributed by atoms with Crippen LogP contribution in [0.2, 0.25) is 0 Å². The first-order valence-electron chi connectivity index (χ1n) is 9.86. The number of aryl methyl sites for hydroxylation is 2. The molecule has 0 amide bonds. The highest BCUT2D eigenvalue weighted by molar-refractivity contribution is 6.00. The SMILES string of the molecule is Cc1cc2c([nH]1)CCC(CNC1CCC(Oc3ccc(C#N)cc3)C1O)C2=O.Cl. The number of aromatic nitrogens is 1. The molecule has 29 heavy (non-hydrogen) atoms. The van der Waals surface area contributed by atoms with Gasteiger partial charge in [-0.3, -0.25) is 4.79 Å². The fourth-order valence-electron chi connectivity index (χ4n) is 4.30. The quantitative estimate of drug-likeness (QED) is 0.697. The number of hydrogen-bond acceptors (Lipinski definition) is 5. The first-order valence-corrected chi connectivity index (χ1v) is 9.86. The number of nitriles is 1. The molecule has 0 bridgehead atoms. The Bertz CT molecular complexity index is 903. The molecule has 4 rings (SSSR count). The lowest BCUT2D eigenvalue weighted by Gasteiger charge is -2.25. The van der Waals surface area contributed by atoms with Gasteiger partial charge in [-0.05, 0) is 62.9 Å². The number of fused-ring (bicyclic) bond motifs is 1. The van der Waals surface area contributed by atoms with Crippen LogP contribution in [0, 0.1) is 24.2 Å². The number of aromatic amines is 1. The second-order valence-electron chi connectivity index (χ2n) is 7.82. The third-order valence-electron chi connectivity index (χ3n) is 5.87. The molecule has 1 saturated carbocycles. The number of H-pyrrole nitrogens is 1. The van der Waals surface area contributed by atoms with E-state index in [-0.39, 0.29) is 36.3 Å². The van der Waals surface area contributed by atoms with E-state index in [9.17, 15) is 9.90 Å². The van der Waals surface area contributed by atoms with E-state index in [2.05, 4.69) is 16.4 Å². The van der Waals surface area contributed by atoms with Crippen molar-refractivity contribution in [1.29, 1.82) is 5.26 Å². The molecule has 1 aromatic carbocycles. The Labute approximate surface area is 176 Å². The number of benzene rings is 1. The van der Waals surface area contributed by atoms with Crippen molar-refractivity contribution in [2.45, 2.75) is 50.9 Å². The highest BCUT2D eigenvalue weighted by Gasteiger charge is 2.37. The van der Waals surface area contributed by atoms with Crippen molar-refractivity contribution >= 4 is 18.2 Å². The highest BCUT2D eigenvalue weighted by Crippen LogP contribution is 2.28. The van der Waals surface area contributed by atoms with Gasteiger partial charge in [0, 0.05) is 35.5 Å². The molecule has 2 aliphatic carbocycles. The van der Waals surface area contributed by atoms with Crippen LogP contribution < -0.4 is 10.1 Å². The topological polar surface area (TPSA) is 98.1 Å². The highest BCUT2D eigenvalue weighted by atomic mass is 35.5. The molecule has 0 spiro atoms. The lowest BCUT2D eigenvalue weighted by molar-refractivity contribution is 0.0441. The number of halogens is 1. The summed E-state index contributed by atoms with van der Waals surface area (Å²) in [6, 6.07) is 10.9. The molecule has 4 unspecified atom stereocenters. The van der Waals surface area contributed by atoms with Gasteiger partial charge >= 0.3 is 0 Å². The van der Waals surface area contributed by atoms with Gasteiger partial charge in [-0.15, -0.1) is 12.4 Å². The lowest BCUT2D eigenvalue weighted by atomic mass is 9.86. The summed E-state index contributed by atoms with van der Waals surface area (Å²) in [5.74, 6) is 0.797. The number of aliphatic hydroxyl groups excluding tert-OH is 1. The van der Waals surface area contributed by atoms with E-state index in [4.69, 9.17) is 10.00 Å². The summed E-state index contributed by atoms with van der Waals surface area (Å²) in [4.78, 5) is 16.0. The fourth-order valence-corrected chi connectivity index (χ4v) is 4.30. The standard InChI is InChI=1S/C22H25N3O3.ClH/c1-13-10-17-18(25-13)7-4-15(21(17)26)12-24-19-8-9-20(22(19)27)28-16-5-2-14(11-23)3-6-16;/h2-3,5-6,10,15,19-20,22,24-25,27H,4,7-9,12H2,1H3;1H. The van der Waals surface area contributed by atoms with Crippen LogP contribution in [0.1, 0.15) is 46.6 Å². The maximum atomic E-state index is 12.7. The summed E-state index contributed by atoms with van der Waals surface area (Å²) in [7, 11) is 0. The van der Waals surface area contributed by atoms with Gasteiger partial charge in [0.15, 0.2) is 5.78 Å². The van der Waals surface area contributed by atoms with Crippen molar-refractivity contribution in [3.8, 4) is 11.8 Å². The van der Waals surface area contributed by atoms with Crippen LogP contribution in [-0.2, 0) is 6.42 Å². The van der Waals surface area contributed by atoms with Crippen molar-refractivity contribution in [2.24, 2.45) is 5.92 Å². The number of ketones is 1. The van der Waals surface area contributed by atoms with Crippen molar-refractivity contribution in [2.75, 3.05) is 6.54 Å². The van der Waals surface area contributed by atoms with E-state index in [1.54, 1.807) is 24.3 Å². The van der Waals surface area contributed by atoms with Gasteiger partial charge in [-0.2, -0.15) is 5.26 Å². The number of nitrogens with one attached hydrogen (secondary N) is 2. The molecule has 4 atom stereocenters. The van der Waals surface area contributed by atoms with Gasteiger partial charge in [0.2, 0.25) is 0 Å². The minimum Gasteiger partial charge on any atom is -0.488 e. The molecule has 2 aromatic rings. The second-order valence-corrected chi connectivity index (χ2v) is 7.82. The number of rotatable bonds is 5. The monoisotopic (exact) mass is 415 g/mol. The van der Waals surface area contributed by atoms with Crippen LogP contribution in [0.15, 0.2) is 30.3 Å². The van der Waals surface area contributed by atoms with Crippen LogP contribution >= 0.6 is 12.4 Å². The van der Waals surface area contributed by atoms with Crippen molar-refractivity contribution in [1.82, 2.24) is 10.3 Å². The van der Waals surface area contributed by atoms with E-state index >= 15 is 0 Å². The smallest absolute Gasteiger partial charge is 0.169 e. The van der Waals surface area contributed by atoms with E-state index in [1.807, 2.05) is 13.0 Å². The van der Waals surface area contributed by atoms with Crippen molar-refractivity contribution in [3.05, 3.63) is 52.8 Å². The molecule has 6 nitrogen and oxygen atoms in total. The number of hydrogen-bond donors (Lipinski definition) is 3. The molecule has 0 radical (unpaired) electrons. The Balaban J connectivity index is 0.00000240. The molecule has 1 aromatic heterocycles. The maximum Gasteiger partial charge on any atom is 0.169 e. The van der Waals surface area contributed by atoms with Crippen molar-refractivity contribution in [3.63, 3.8) is 0 Å². The Morgan fingerprint density at radius 1 is 1.28 bits per heavy atom. The predicted molar refractivity (Wildman–Crippen MR) is 112 cm³/mol. The zero-order valence-corrected chi connectivity index (χ0v) is 17.2. The van der Waals surface area contributed by atoms with Gasteiger partial charge in [-0.25, -0.2) is 0 Å². The van der Waals surface area contributed by atoms with E-state index in [1.165, 1.54) is 0 Å². The zero-order chi connectivity index (χ0) is 19.7. The number of Topliss-reactive ketones (excluding diaryl/α,β-unsaturated/α-hetero) is 1. The largest absolute Gasteiger partial charge is 0.488 e. The Morgan fingerprint density at radius 3 is 2.76 bits per heavy atom. The molecule has 1 fully saturated rings. The molecular formula is C22H26ClN3O3. The van der Waals surface area contributed by atoms with Gasteiger partial charge in [0.25, 0.3) is 0 Å². The first-order chi connectivity index (χ1) is 13.5. The molecule has 1 heterocycles. The van der Waals surface area contributed by atoms with Crippen LogP contribution in [0.25, 0.3) is 0 Å². The Kier molecular flexibility index (Phi) is 6.63. The summed E-state index contributed by atoms with van der Waals surface area (Å²) in [5.41, 5.74) is 3.48. The average molecular weight is 416 g/mol. The second kappa shape index (κ2) is 9.00. The van der Waals surface area contributed by atoms with E-state index in [0.29, 0.717) is 17.9 Å². The zero-order valence-electron chi connectivity index (χ0n) is 16.4. The summed E-state index contributed by atoms with van der Waals surface area (Å²) < 4.78 is 5.91. The summed E-state index contributed by atoms with van der Waals surface area (Å²) in [6.07, 6.45) is 2.35. The first kappa shape index (κ1) is 21.4. The fraction of sp³-hybridized carbons (Fsp3) is 0.455. The number of carbonyl (C=O) groups excluding carboxylic acids is 1. The third-order valence-corrected chi connectivity index (χ3v) is 5.87. The number of carbonyl (C=O) groups is 1. The average Bonchev–Trinajstić information content (AvgIpc) is 3.25. The minimum absolute atomic E-state index is 0. The molecule has 154 valence electrons. The van der Waals surface area contributed by atoms with Crippen LogP contribution in [0.3, 0.4) is 0 Å². The van der Waals surface area contributed by atoms with Crippen molar-refractivity contribution < 1.29 is 14.6 Å². The van der Waals surface area contributed by atoms with Gasteiger partial charge in [0.1, 0.15) is 18.0 Å². The molecule has 7 heteroatoms. The van der Waals surface area contributed by atoms with Crippen LogP contribution in [0.5, 0.6) is 5.75 Å². The Hall–Kier alpha value is -2.33. The predicted octanol–water partition coefficient (Wildman–Crippen LogP) is 2.92. The third kappa shape index (κ3) is 4.48. The van der Waals surface area contributed by atoms with E-state index in [0.717, 1.165) is 42.6 Å². The molecule has 3 N–H and O–H groups in total. The summed E-state index contributed by atoms with van der Waals surface area (Å²) >= 11 is 0.